The molecule has 0 aromatic heterocycles. The summed E-state index contributed by atoms with van der Waals surface area (Å²) in [5.74, 6) is 0.394. The van der Waals surface area contributed by atoms with Gasteiger partial charge in [0.15, 0.2) is 0 Å². The van der Waals surface area contributed by atoms with Crippen molar-refractivity contribution in [1.82, 2.24) is 15.1 Å². The van der Waals surface area contributed by atoms with Gasteiger partial charge in [-0.2, -0.15) is 0 Å². The van der Waals surface area contributed by atoms with E-state index < -0.39 is 5.54 Å². The number of carbonyl (C=O) groups excluding carboxylic acids is 2. The highest BCUT2D eigenvalue weighted by Gasteiger charge is 2.50. The smallest absolute Gasteiger partial charge is 0.326 e. The predicted octanol–water partition coefficient (Wildman–Crippen LogP) is 1.92. The van der Waals surface area contributed by atoms with Crippen molar-refractivity contribution in [1.29, 1.82) is 0 Å². The number of unbranched alkanes of at least 4 members (excludes halogenated alkanes) is 1. The highest BCUT2D eigenvalue weighted by molar-refractivity contribution is 6.07. The van der Waals surface area contributed by atoms with Crippen molar-refractivity contribution in [2.75, 3.05) is 39.6 Å². The van der Waals surface area contributed by atoms with Crippen LogP contribution in [0.1, 0.15) is 32.3 Å². The summed E-state index contributed by atoms with van der Waals surface area (Å²) in [4.78, 5) is 29.0. The molecule has 0 spiro atoms. The van der Waals surface area contributed by atoms with Gasteiger partial charge in [0.1, 0.15) is 11.3 Å². The molecular formula is C19H27N3O4. The van der Waals surface area contributed by atoms with Crippen molar-refractivity contribution in [3.8, 4) is 5.75 Å². The fourth-order valence-corrected chi connectivity index (χ4v) is 3.28. The lowest BCUT2D eigenvalue weighted by molar-refractivity contribution is -0.133. The Bertz CT molecular complexity index is 660. The van der Waals surface area contributed by atoms with E-state index in [1.165, 1.54) is 4.90 Å². The van der Waals surface area contributed by atoms with E-state index in [1.807, 2.05) is 24.3 Å². The summed E-state index contributed by atoms with van der Waals surface area (Å²) in [6.45, 7) is 7.38. The van der Waals surface area contributed by atoms with Gasteiger partial charge in [0.2, 0.25) is 0 Å². The van der Waals surface area contributed by atoms with E-state index in [2.05, 4.69) is 17.1 Å². The van der Waals surface area contributed by atoms with Gasteiger partial charge in [0, 0.05) is 18.7 Å². The van der Waals surface area contributed by atoms with Crippen LogP contribution in [0.4, 0.5) is 4.79 Å². The molecule has 0 saturated carbocycles. The Morgan fingerprint density at radius 1 is 1.23 bits per heavy atom. The van der Waals surface area contributed by atoms with E-state index >= 15 is 0 Å². The Labute approximate surface area is 154 Å². The lowest BCUT2D eigenvalue weighted by Crippen LogP contribution is -2.47. The number of urea groups is 1. The Kier molecular flexibility index (Phi) is 5.78. The zero-order valence-corrected chi connectivity index (χ0v) is 15.5. The SMILES string of the molecule is CCCCOc1ccccc1C1(C)NC(=O)N(CN2CCOCC2)C1=O. The van der Waals surface area contributed by atoms with Crippen LogP contribution in [0, 0.1) is 0 Å². The molecule has 0 aliphatic carbocycles. The van der Waals surface area contributed by atoms with Crippen LogP contribution in [0.25, 0.3) is 0 Å². The molecule has 0 radical (unpaired) electrons. The summed E-state index contributed by atoms with van der Waals surface area (Å²) in [7, 11) is 0. The highest BCUT2D eigenvalue weighted by Crippen LogP contribution is 2.35. The second-order valence-electron chi connectivity index (χ2n) is 6.86. The zero-order chi connectivity index (χ0) is 18.6. The van der Waals surface area contributed by atoms with E-state index in [1.54, 1.807) is 6.92 Å². The standard InChI is InChI=1S/C19H27N3O4/c1-3-4-11-26-16-8-6-5-7-15(16)19(2)17(23)22(18(24)20-19)14-21-9-12-25-13-10-21/h5-8H,3-4,9-14H2,1-2H3,(H,20,24). The Hall–Kier alpha value is -2.12. The van der Waals surface area contributed by atoms with E-state index in [0.717, 1.165) is 12.8 Å². The molecule has 2 aliphatic heterocycles. The Morgan fingerprint density at radius 3 is 2.69 bits per heavy atom. The molecule has 1 aromatic rings. The molecule has 2 aliphatic rings. The monoisotopic (exact) mass is 361 g/mol. The van der Waals surface area contributed by atoms with Gasteiger partial charge >= 0.3 is 6.03 Å². The normalized spacial score (nSPS) is 24.0. The lowest BCUT2D eigenvalue weighted by atomic mass is 9.91. The van der Waals surface area contributed by atoms with E-state index in [4.69, 9.17) is 9.47 Å². The van der Waals surface area contributed by atoms with Gasteiger partial charge in [-0.3, -0.25) is 9.69 Å². The summed E-state index contributed by atoms with van der Waals surface area (Å²) < 4.78 is 11.2. The molecule has 7 heteroatoms. The number of rotatable bonds is 7. The lowest BCUT2D eigenvalue weighted by Gasteiger charge is -2.30. The van der Waals surface area contributed by atoms with Gasteiger partial charge in [-0.05, 0) is 19.4 Å². The summed E-state index contributed by atoms with van der Waals surface area (Å²) in [6, 6.07) is 7.06. The first-order valence-corrected chi connectivity index (χ1v) is 9.22. The molecule has 7 nitrogen and oxygen atoms in total. The van der Waals surface area contributed by atoms with Crippen molar-refractivity contribution in [3.63, 3.8) is 0 Å². The topological polar surface area (TPSA) is 71.1 Å². The molecule has 1 unspecified atom stereocenters. The molecule has 1 atom stereocenters. The van der Waals surface area contributed by atoms with Crippen molar-refractivity contribution in [3.05, 3.63) is 29.8 Å². The Balaban J connectivity index is 1.79. The van der Waals surface area contributed by atoms with Gasteiger partial charge < -0.3 is 14.8 Å². The summed E-state index contributed by atoms with van der Waals surface area (Å²) in [6.07, 6.45) is 1.97. The molecule has 0 bridgehead atoms. The first-order valence-electron chi connectivity index (χ1n) is 9.22. The summed E-state index contributed by atoms with van der Waals surface area (Å²) in [5.41, 5.74) is -0.425. The van der Waals surface area contributed by atoms with Crippen LogP contribution in [0.15, 0.2) is 24.3 Å². The van der Waals surface area contributed by atoms with Gasteiger partial charge in [0.05, 0.1) is 26.5 Å². The number of morpholine rings is 1. The second kappa shape index (κ2) is 8.05. The number of amides is 3. The van der Waals surface area contributed by atoms with Crippen molar-refractivity contribution < 1.29 is 19.1 Å². The molecule has 3 amide bonds. The first kappa shape index (κ1) is 18.7. The second-order valence-corrected chi connectivity index (χ2v) is 6.86. The maximum absolute atomic E-state index is 13.1. The van der Waals surface area contributed by atoms with E-state index in [9.17, 15) is 9.59 Å². The van der Waals surface area contributed by atoms with Crippen LogP contribution in [-0.2, 0) is 15.1 Å². The third kappa shape index (κ3) is 3.68. The third-order valence-corrected chi connectivity index (χ3v) is 4.90. The van der Waals surface area contributed by atoms with Crippen molar-refractivity contribution >= 4 is 11.9 Å². The number of benzene rings is 1. The maximum Gasteiger partial charge on any atom is 0.326 e. The average Bonchev–Trinajstić information content (AvgIpc) is 2.87. The zero-order valence-electron chi connectivity index (χ0n) is 15.5. The number of hydrogen-bond acceptors (Lipinski definition) is 5. The van der Waals surface area contributed by atoms with Crippen LogP contribution in [0.5, 0.6) is 5.75 Å². The van der Waals surface area contributed by atoms with Crippen molar-refractivity contribution in [2.24, 2.45) is 0 Å². The molecular weight excluding hydrogens is 334 g/mol. The fraction of sp³-hybridized carbons (Fsp3) is 0.579. The van der Waals surface area contributed by atoms with E-state index in [0.29, 0.717) is 44.2 Å². The molecule has 2 saturated heterocycles. The average molecular weight is 361 g/mol. The van der Waals surface area contributed by atoms with Gasteiger partial charge in [-0.1, -0.05) is 31.5 Å². The largest absolute Gasteiger partial charge is 0.493 e. The van der Waals surface area contributed by atoms with Gasteiger partial charge in [-0.15, -0.1) is 0 Å². The quantitative estimate of drug-likeness (QED) is 0.593. The van der Waals surface area contributed by atoms with E-state index in [-0.39, 0.29) is 18.6 Å². The van der Waals surface area contributed by atoms with Crippen LogP contribution < -0.4 is 10.1 Å². The minimum absolute atomic E-state index is 0.250. The number of para-hydroxylation sites is 1. The molecule has 2 fully saturated rings. The van der Waals surface area contributed by atoms with Crippen molar-refractivity contribution in [2.45, 2.75) is 32.2 Å². The number of ether oxygens (including phenoxy) is 2. The fourth-order valence-electron chi connectivity index (χ4n) is 3.28. The number of nitrogens with zero attached hydrogens (tertiary/aromatic N) is 2. The van der Waals surface area contributed by atoms with Crippen LogP contribution in [0.3, 0.4) is 0 Å². The van der Waals surface area contributed by atoms with Crippen LogP contribution in [-0.4, -0.2) is 61.3 Å². The number of carbonyl (C=O) groups is 2. The molecule has 1 N–H and O–H groups in total. The first-order chi connectivity index (χ1) is 12.6. The highest BCUT2D eigenvalue weighted by atomic mass is 16.5. The summed E-state index contributed by atoms with van der Waals surface area (Å²) >= 11 is 0. The molecule has 26 heavy (non-hydrogen) atoms. The number of imide groups is 1. The van der Waals surface area contributed by atoms with Gasteiger partial charge in [0.25, 0.3) is 5.91 Å². The van der Waals surface area contributed by atoms with Gasteiger partial charge in [-0.25, -0.2) is 9.69 Å². The number of nitrogens with one attached hydrogen (secondary N) is 1. The molecule has 1 aromatic carbocycles. The minimum atomic E-state index is -1.12. The molecule has 3 rings (SSSR count). The maximum atomic E-state index is 13.1. The summed E-state index contributed by atoms with van der Waals surface area (Å²) in [5, 5.41) is 2.87. The van der Waals surface area contributed by atoms with Crippen LogP contribution >= 0.6 is 0 Å². The number of hydrogen-bond donors (Lipinski definition) is 1. The minimum Gasteiger partial charge on any atom is -0.493 e. The predicted molar refractivity (Wildman–Crippen MR) is 96.8 cm³/mol. The Morgan fingerprint density at radius 2 is 1.96 bits per heavy atom. The molecule has 2 heterocycles. The third-order valence-electron chi connectivity index (χ3n) is 4.90. The van der Waals surface area contributed by atoms with Crippen LogP contribution in [0.2, 0.25) is 0 Å². The molecule has 142 valence electrons.